The van der Waals surface area contributed by atoms with E-state index in [1.807, 2.05) is 6.08 Å². The number of aliphatic hydroxyl groups excluding tert-OH is 2. The Balaban J connectivity index is 3.54. The third-order valence-electron chi connectivity index (χ3n) is 14.1. The van der Waals surface area contributed by atoms with E-state index in [2.05, 4.69) is 104 Å². The highest BCUT2D eigenvalue weighted by Crippen LogP contribution is 2.17. The number of amides is 1. The average Bonchev–Trinajstić information content (AvgIpc) is 3.39. The first-order chi connectivity index (χ1) is 35.7. The number of hydrogen-bond acceptors (Lipinski definition) is 3. The first-order valence-corrected chi connectivity index (χ1v) is 31.5. The molecule has 0 aliphatic heterocycles. The first-order valence-electron chi connectivity index (χ1n) is 31.5. The van der Waals surface area contributed by atoms with Gasteiger partial charge in [-0.05, 0) is 77.0 Å². The largest absolute Gasteiger partial charge is 0.394 e. The second kappa shape index (κ2) is 62.6. The van der Waals surface area contributed by atoms with Crippen LogP contribution in [0.4, 0.5) is 0 Å². The van der Waals surface area contributed by atoms with Gasteiger partial charge in [0.1, 0.15) is 0 Å². The number of allylic oxidation sites excluding steroid dienone is 15. The molecule has 0 bridgehead atoms. The van der Waals surface area contributed by atoms with Crippen LogP contribution < -0.4 is 5.32 Å². The number of hydrogen-bond donors (Lipinski definition) is 3. The molecule has 0 heterocycles. The zero-order valence-electron chi connectivity index (χ0n) is 47.9. The number of unbranched alkanes of at least 4 members (excludes halogenated alkanes) is 36. The van der Waals surface area contributed by atoms with Crippen LogP contribution in [0.15, 0.2) is 97.2 Å². The van der Waals surface area contributed by atoms with Gasteiger partial charge in [0.2, 0.25) is 5.91 Å². The molecule has 4 nitrogen and oxygen atoms in total. The number of carbonyl (C=O) groups excluding carboxylic acids is 1. The molecule has 4 heteroatoms. The quantitative estimate of drug-likeness (QED) is 0.0420. The van der Waals surface area contributed by atoms with Crippen molar-refractivity contribution in [2.24, 2.45) is 0 Å². The summed E-state index contributed by atoms with van der Waals surface area (Å²) in [5.74, 6) is -0.0757. The number of nitrogens with one attached hydrogen (secondary N) is 1. The van der Waals surface area contributed by atoms with Crippen LogP contribution >= 0.6 is 0 Å². The van der Waals surface area contributed by atoms with E-state index in [1.165, 1.54) is 205 Å². The van der Waals surface area contributed by atoms with Crippen LogP contribution in [-0.4, -0.2) is 34.9 Å². The zero-order valence-corrected chi connectivity index (χ0v) is 47.9. The Bertz CT molecular complexity index is 1320. The number of rotatable bonds is 57. The van der Waals surface area contributed by atoms with Crippen molar-refractivity contribution in [2.45, 2.75) is 321 Å². The second-order valence-corrected chi connectivity index (χ2v) is 21.1. The Labute approximate surface area is 449 Å². The predicted octanol–water partition coefficient (Wildman–Crippen LogP) is 21.3. The van der Waals surface area contributed by atoms with Gasteiger partial charge in [-0.3, -0.25) is 4.79 Å². The van der Waals surface area contributed by atoms with E-state index in [1.54, 1.807) is 6.08 Å². The molecule has 0 spiro atoms. The van der Waals surface area contributed by atoms with Crippen LogP contribution in [-0.2, 0) is 4.79 Å². The maximum absolute atomic E-state index is 12.5. The summed E-state index contributed by atoms with van der Waals surface area (Å²) in [4.78, 5) is 12.5. The van der Waals surface area contributed by atoms with Crippen LogP contribution in [0, 0.1) is 0 Å². The van der Waals surface area contributed by atoms with E-state index >= 15 is 0 Å². The third kappa shape index (κ3) is 58.2. The van der Waals surface area contributed by atoms with Gasteiger partial charge in [0.05, 0.1) is 18.8 Å². The van der Waals surface area contributed by atoms with Crippen LogP contribution in [0.3, 0.4) is 0 Å². The fourth-order valence-corrected chi connectivity index (χ4v) is 9.34. The summed E-state index contributed by atoms with van der Waals surface area (Å²) in [7, 11) is 0. The zero-order chi connectivity index (χ0) is 52.0. The minimum atomic E-state index is -0.853. The highest BCUT2D eigenvalue weighted by molar-refractivity contribution is 5.76. The lowest BCUT2D eigenvalue weighted by Gasteiger charge is -2.20. The summed E-state index contributed by atoms with van der Waals surface area (Å²) in [6.45, 7) is 4.21. The summed E-state index contributed by atoms with van der Waals surface area (Å²) in [5.41, 5.74) is 0. The average molecular weight is 1000 g/mol. The number of carbonyl (C=O) groups is 1. The predicted molar refractivity (Wildman–Crippen MR) is 322 cm³/mol. The summed E-state index contributed by atoms with van der Waals surface area (Å²) in [6, 6.07) is -0.637. The van der Waals surface area contributed by atoms with E-state index in [0.29, 0.717) is 6.42 Å². The minimum Gasteiger partial charge on any atom is -0.394 e. The molecule has 2 atom stereocenters. The van der Waals surface area contributed by atoms with Crippen LogP contribution in [0.2, 0.25) is 0 Å². The first kappa shape index (κ1) is 69.3. The molecule has 0 aliphatic rings. The Hall–Kier alpha value is -2.69. The van der Waals surface area contributed by atoms with Gasteiger partial charge in [-0.15, -0.1) is 0 Å². The van der Waals surface area contributed by atoms with Gasteiger partial charge in [-0.2, -0.15) is 0 Å². The number of aliphatic hydroxyl groups is 2. The third-order valence-corrected chi connectivity index (χ3v) is 14.1. The molecule has 3 N–H and O–H groups in total. The summed E-state index contributed by atoms with van der Waals surface area (Å²) in [5, 5.41) is 23.2. The second-order valence-electron chi connectivity index (χ2n) is 21.1. The van der Waals surface area contributed by atoms with Crippen molar-refractivity contribution in [3.8, 4) is 0 Å². The summed E-state index contributed by atoms with van der Waals surface area (Å²) < 4.78 is 0. The highest BCUT2D eigenvalue weighted by Gasteiger charge is 2.18. The highest BCUT2D eigenvalue weighted by atomic mass is 16.3. The van der Waals surface area contributed by atoms with Gasteiger partial charge < -0.3 is 15.5 Å². The molecule has 0 aromatic carbocycles. The molecule has 0 fully saturated rings. The lowest BCUT2D eigenvalue weighted by molar-refractivity contribution is -0.123. The SMILES string of the molecule is CC/C=C\C/C=C\C/C=C\C/C=C\C/C=C\C/C=C\C/C=C\CCCCCCCCCC(=O)NC(CO)C(O)/C=C/CCCCCCCCCCCCCCCCCCCCCCCCCCCCCCC. The maximum Gasteiger partial charge on any atom is 0.220 e. The minimum absolute atomic E-state index is 0.0757. The van der Waals surface area contributed by atoms with Crippen LogP contribution in [0.5, 0.6) is 0 Å². The summed E-state index contributed by atoms with van der Waals surface area (Å²) in [6.07, 6.45) is 93.1. The normalized spacial score (nSPS) is 13.4. The molecule has 0 saturated carbocycles. The summed E-state index contributed by atoms with van der Waals surface area (Å²) >= 11 is 0. The smallest absolute Gasteiger partial charge is 0.220 e. The Morgan fingerprint density at radius 2 is 0.611 bits per heavy atom. The molecule has 0 radical (unpaired) electrons. The van der Waals surface area contributed by atoms with Crippen molar-refractivity contribution >= 4 is 5.91 Å². The van der Waals surface area contributed by atoms with Gasteiger partial charge in [0.25, 0.3) is 0 Å². The molecule has 0 rings (SSSR count). The van der Waals surface area contributed by atoms with Crippen molar-refractivity contribution < 1.29 is 15.0 Å². The molecule has 2 unspecified atom stereocenters. The van der Waals surface area contributed by atoms with Crippen molar-refractivity contribution in [3.63, 3.8) is 0 Å². The van der Waals surface area contributed by atoms with Gasteiger partial charge in [0.15, 0.2) is 0 Å². The van der Waals surface area contributed by atoms with E-state index in [0.717, 1.165) is 83.5 Å². The molecule has 1 amide bonds. The van der Waals surface area contributed by atoms with Gasteiger partial charge in [-0.1, -0.05) is 323 Å². The molecule has 416 valence electrons. The fourth-order valence-electron chi connectivity index (χ4n) is 9.34. The monoisotopic (exact) mass is 1000 g/mol. The Morgan fingerprint density at radius 1 is 0.347 bits per heavy atom. The molecule has 0 aliphatic carbocycles. The van der Waals surface area contributed by atoms with Crippen molar-refractivity contribution in [3.05, 3.63) is 97.2 Å². The van der Waals surface area contributed by atoms with Gasteiger partial charge in [0, 0.05) is 6.42 Å². The molecule has 0 aromatic heterocycles. The van der Waals surface area contributed by atoms with Crippen LogP contribution in [0.25, 0.3) is 0 Å². The molecule has 0 aromatic rings. The maximum atomic E-state index is 12.5. The van der Waals surface area contributed by atoms with E-state index in [-0.39, 0.29) is 12.5 Å². The molecule has 0 saturated heterocycles. The van der Waals surface area contributed by atoms with Crippen molar-refractivity contribution in [2.75, 3.05) is 6.61 Å². The standard InChI is InChI=1S/C68H121NO3/c1-3-5-7-9-11-13-15-17-19-21-23-25-27-29-31-33-34-36-37-39-41-43-45-47-49-51-53-55-57-59-61-63-67(71)66(65-70)69-68(72)64-62-60-58-56-54-52-50-48-46-44-42-40-38-35-32-30-28-26-24-22-20-18-16-14-12-10-8-6-4-2/h6,8,12,14,18,20,24,26,30,32,38,40,44,46,61,63,66-67,70-71H,3-5,7,9-11,13,15-17,19,21-23,25,27-29,31,33-37,39,41-43,45,47-60,62,64-65H2,1-2H3,(H,69,72)/b8-6-,14-12-,20-18-,26-24-,32-30-,40-38-,46-44-,63-61+. The van der Waals surface area contributed by atoms with Gasteiger partial charge >= 0.3 is 0 Å². The Kier molecular flexibility index (Phi) is 60.3. The van der Waals surface area contributed by atoms with Gasteiger partial charge in [-0.25, -0.2) is 0 Å². The van der Waals surface area contributed by atoms with E-state index in [4.69, 9.17) is 0 Å². The topological polar surface area (TPSA) is 69.6 Å². The van der Waals surface area contributed by atoms with E-state index < -0.39 is 12.1 Å². The van der Waals surface area contributed by atoms with E-state index in [9.17, 15) is 15.0 Å². The molecule has 72 heavy (non-hydrogen) atoms. The molecular formula is C68H121NO3. The lowest BCUT2D eigenvalue weighted by Crippen LogP contribution is -2.45. The van der Waals surface area contributed by atoms with Crippen LogP contribution in [0.1, 0.15) is 309 Å². The molecular weight excluding hydrogens is 879 g/mol. The lowest BCUT2D eigenvalue weighted by atomic mass is 10.0. The van der Waals surface area contributed by atoms with Crippen molar-refractivity contribution in [1.82, 2.24) is 5.32 Å². The Morgan fingerprint density at radius 3 is 0.917 bits per heavy atom. The van der Waals surface area contributed by atoms with Crippen molar-refractivity contribution in [1.29, 1.82) is 0 Å². The fraction of sp³-hybridized carbons (Fsp3) is 0.750.